The molecular weight excluding hydrogens is 372 g/mol. The molecule has 142 valence electrons. The molecule has 0 unspecified atom stereocenters. The van der Waals surface area contributed by atoms with Crippen molar-refractivity contribution in [2.75, 3.05) is 10.0 Å². The van der Waals surface area contributed by atoms with E-state index in [0.717, 1.165) is 11.3 Å². The van der Waals surface area contributed by atoms with Gasteiger partial charge in [0.25, 0.3) is 10.0 Å². The van der Waals surface area contributed by atoms with E-state index < -0.39 is 10.0 Å². The second kappa shape index (κ2) is 8.11. The number of benzene rings is 2. The minimum Gasteiger partial charge on any atom is -0.354 e. The first kappa shape index (κ1) is 19.4. The van der Waals surface area contributed by atoms with E-state index in [-0.39, 0.29) is 10.7 Å². The number of anilines is 3. The third kappa shape index (κ3) is 4.67. The first-order valence-corrected chi connectivity index (χ1v) is 10.2. The molecule has 0 aliphatic rings. The van der Waals surface area contributed by atoms with Gasteiger partial charge in [0, 0.05) is 5.69 Å². The van der Waals surface area contributed by atoms with Gasteiger partial charge in [0.2, 0.25) is 0 Å². The van der Waals surface area contributed by atoms with Crippen LogP contribution in [-0.4, -0.2) is 13.4 Å². The van der Waals surface area contributed by atoms with Crippen LogP contribution in [0.4, 0.5) is 17.2 Å². The Labute approximate surface area is 164 Å². The van der Waals surface area contributed by atoms with Crippen LogP contribution in [0.15, 0.2) is 71.8 Å². The van der Waals surface area contributed by atoms with E-state index in [1.807, 2.05) is 12.1 Å². The number of pyridine rings is 1. The number of nitrogens with one attached hydrogen (secondary N) is 2. The van der Waals surface area contributed by atoms with Gasteiger partial charge in [-0.2, -0.15) is 5.26 Å². The maximum absolute atomic E-state index is 12.5. The van der Waals surface area contributed by atoms with Crippen molar-refractivity contribution < 1.29 is 8.42 Å². The predicted molar refractivity (Wildman–Crippen MR) is 110 cm³/mol. The highest BCUT2D eigenvalue weighted by Gasteiger charge is 2.15. The molecule has 2 aromatic carbocycles. The standard InChI is InChI=1S/C21H20N4O2S/c1-15(2)17-5-10-20(11-6-17)28(26,27)25-21-12-9-19(14-23-21)24-18-7-3-16(13-22)4-8-18/h3-12,14-15,24H,1-2H3,(H,23,25). The quantitative estimate of drug-likeness (QED) is 0.638. The van der Waals surface area contributed by atoms with Gasteiger partial charge in [-0.15, -0.1) is 0 Å². The summed E-state index contributed by atoms with van der Waals surface area (Å²) in [5, 5.41) is 12.0. The Morgan fingerprint density at radius 1 is 0.929 bits per heavy atom. The number of hydrogen-bond acceptors (Lipinski definition) is 5. The van der Waals surface area contributed by atoms with E-state index in [0.29, 0.717) is 17.2 Å². The summed E-state index contributed by atoms with van der Waals surface area (Å²) in [7, 11) is -3.70. The van der Waals surface area contributed by atoms with Crippen molar-refractivity contribution >= 4 is 27.2 Å². The number of rotatable bonds is 6. The largest absolute Gasteiger partial charge is 0.354 e. The van der Waals surface area contributed by atoms with Crippen LogP contribution in [0.3, 0.4) is 0 Å². The maximum atomic E-state index is 12.5. The number of nitrogens with zero attached hydrogens (tertiary/aromatic N) is 2. The Bertz CT molecular complexity index is 1080. The van der Waals surface area contributed by atoms with Crippen molar-refractivity contribution in [3.63, 3.8) is 0 Å². The number of sulfonamides is 1. The summed E-state index contributed by atoms with van der Waals surface area (Å²) in [6, 6.07) is 19.2. The molecule has 0 aliphatic heterocycles. The molecule has 1 aromatic heterocycles. The molecule has 6 nitrogen and oxygen atoms in total. The van der Waals surface area contributed by atoms with Gasteiger partial charge in [-0.1, -0.05) is 26.0 Å². The smallest absolute Gasteiger partial charge is 0.263 e. The lowest BCUT2D eigenvalue weighted by Gasteiger charge is -2.10. The van der Waals surface area contributed by atoms with Crippen LogP contribution in [0, 0.1) is 11.3 Å². The van der Waals surface area contributed by atoms with E-state index >= 15 is 0 Å². The molecule has 2 N–H and O–H groups in total. The Kier molecular flexibility index (Phi) is 5.62. The van der Waals surface area contributed by atoms with Crippen LogP contribution in [0.1, 0.15) is 30.9 Å². The second-order valence-corrected chi connectivity index (χ2v) is 8.26. The average Bonchev–Trinajstić information content (AvgIpc) is 2.70. The number of hydrogen-bond donors (Lipinski definition) is 2. The lowest BCUT2D eigenvalue weighted by atomic mass is 10.0. The van der Waals surface area contributed by atoms with Gasteiger partial charge in [-0.05, 0) is 60.0 Å². The molecule has 0 radical (unpaired) electrons. The molecule has 0 bridgehead atoms. The molecule has 3 aromatic rings. The van der Waals surface area contributed by atoms with Crippen LogP contribution >= 0.6 is 0 Å². The van der Waals surface area contributed by atoms with E-state index in [1.54, 1.807) is 48.5 Å². The fourth-order valence-electron chi connectivity index (χ4n) is 2.55. The van der Waals surface area contributed by atoms with Crippen LogP contribution in [0.2, 0.25) is 0 Å². The van der Waals surface area contributed by atoms with Gasteiger partial charge in [-0.25, -0.2) is 13.4 Å². The van der Waals surface area contributed by atoms with E-state index in [1.165, 1.54) is 6.20 Å². The van der Waals surface area contributed by atoms with Crippen molar-refractivity contribution in [2.45, 2.75) is 24.7 Å². The minimum atomic E-state index is -3.70. The predicted octanol–water partition coefficient (Wildman–Crippen LogP) is 4.62. The fraction of sp³-hybridized carbons (Fsp3) is 0.143. The van der Waals surface area contributed by atoms with Crippen LogP contribution in [-0.2, 0) is 10.0 Å². The Morgan fingerprint density at radius 2 is 1.57 bits per heavy atom. The zero-order valence-electron chi connectivity index (χ0n) is 15.5. The van der Waals surface area contributed by atoms with Crippen molar-refractivity contribution in [3.8, 4) is 6.07 Å². The van der Waals surface area contributed by atoms with Gasteiger partial charge in [0.15, 0.2) is 0 Å². The fourth-order valence-corrected chi connectivity index (χ4v) is 3.56. The third-order valence-electron chi connectivity index (χ3n) is 4.16. The van der Waals surface area contributed by atoms with Gasteiger partial charge in [0.05, 0.1) is 28.4 Å². The lowest BCUT2D eigenvalue weighted by Crippen LogP contribution is -2.14. The van der Waals surface area contributed by atoms with E-state index in [9.17, 15) is 8.42 Å². The highest BCUT2D eigenvalue weighted by molar-refractivity contribution is 7.92. The summed E-state index contributed by atoms with van der Waals surface area (Å²) in [6.45, 7) is 4.11. The van der Waals surface area contributed by atoms with Gasteiger partial charge in [0.1, 0.15) is 5.82 Å². The average molecular weight is 392 g/mol. The topological polar surface area (TPSA) is 94.9 Å². The lowest BCUT2D eigenvalue weighted by molar-refractivity contribution is 0.601. The number of aromatic nitrogens is 1. The first-order chi connectivity index (χ1) is 13.4. The number of nitriles is 1. The Balaban J connectivity index is 1.69. The molecule has 28 heavy (non-hydrogen) atoms. The summed E-state index contributed by atoms with van der Waals surface area (Å²) in [6.07, 6.45) is 1.54. The normalized spacial score (nSPS) is 11.1. The van der Waals surface area contributed by atoms with Gasteiger partial charge >= 0.3 is 0 Å². The summed E-state index contributed by atoms with van der Waals surface area (Å²) >= 11 is 0. The summed E-state index contributed by atoms with van der Waals surface area (Å²) in [5.41, 5.74) is 3.17. The van der Waals surface area contributed by atoms with Crippen LogP contribution < -0.4 is 10.0 Å². The zero-order valence-corrected chi connectivity index (χ0v) is 16.4. The van der Waals surface area contributed by atoms with E-state index in [2.05, 4.69) is 34.9 Å². The highest BCUT2D eigenvalue weighted by Crippen LogP contribution is 2.21. The molecule has 3 rings (SSSR count). The van der Waals surface area contributed by atoms with Crippen LogP contribution in [0.5, 0.6) is 0 Å². The molecule has 0 saturated carbocycles. The minimum absolute atomic E-state index is 0.193. The van der Waals surface area contributed by atoms with Gasteiger partial charge < -0.3 is 5.32 Å². The van der Waals surface area contributed by atoms with E-state index in [4.69, 9.17) is 5.26 Å². The molecular formula is C21H20N4O2S. The maximum Gasteiger partial charge on any atom is 0.263 e. The van der Waals surface area contributed by atoms with Crippen molar-refractivity contribution in [1.82, 2.24) is 4.98 Å². The van der Waals surface area contributed by atoms with Crippen molar-refractivity contribution in [3.05, 3.63) is 78.0 Å². The van der Waals surface area contributed by atoms with Crippen molar-refractivity contribution in [1.29, 1.82) is 5.26 Å². The molecule has 0 aliphatic carbocycles. The Hall–Kier alpha value is -3.37. The SMILES string of the molecule is CC(C)c1ccc(S(=O)(=O)Nc2ccc(Nc3ccc(C#N)cc3)cn2)cc1. The second-order valence-electron chi connectivity index (χ2n) is 6.58. The molecule has 7 heteroatoms. The molecule has 0 spiro atoms. The summed E-state index contributed by atoms with van der Waals surface area (Å²) in [4.78, 5) is 4.35. The van der Waals surface area contributed by atoms with Gasteiger partial charge in [-0.3, -0.25) is 4.72 Å². The molecule has 0 atom stereocenters. The zero-order chi connectivity index (χ0) is 20.1. The first-order valence-electron chi connectivity index (χ1n) is 8.73. The third-order valence-corrected chi connectivity index (χ3v) is 5.53. The molecule has 0 fully saturated rings. The van der Waals surface area contributed by atoms with Crippen molar-refractivity contribution in [2.24, 2.45) is 0 Å². The summed E-state index contributed by atoms with van der Waals surface area (Å²) < 4.78 is 27.5. The van der Waals surface area contributed by atoms with Crippen LogP contribution in [0.25, 0.3) is 0 Å². The summed E-state index contributed by atoms with van der Waals surface area (Å²) in [5.74, 6) is 0.570. The monoisotopic (exact) mass is 392 g/mol. The molecule has 0 saturated heterocycles. The highest BCUT2D eigenvalue weighted by atomic mass is 32.2. The Morgan fingerprint density at radius 3 is 2.11 bits per heavy atom. The molecule has 1 heterocycles. The molecule has 0 amide bonds.